The predicted molar refractivity (Wildman–Crippen MR) is 128 cm³/mol. The number of hydrogen-bond donors (Lipinski definition) is 1. The van der Waals surface area contributed by atoms with Gasteiger partial charge in [-0.05, 0) is 30.2 Å². The summed E-state index contributed by atoms with van der Waals surface area (Å²) in [6.45, 7) is 7.00. The molecule has 0 fully saturated rings. The van der Waals surface area contributed by atoms with Crippen molar-refractivity contribution in [3.05, 3.63) is 47.1 Å². The summed E-state index contributed by atoms with van der Waals surface area (Å²) in [5.41, 5.74) is 0.425. The molecule has 0 saturated carbocycles. The van der Waals surface area contributed by atoms with Crippen LogP contribution in [0.1, 0.15) is 31.1 Å². The molecule has 1 N–H and O–H groups in total. The highest BCUT2D eigenvalue weighted by molar-refractivity contribution is 7.86. The maximum absolute atomic E-state index is 12.4. The van der Waals surface area contributed by atoms with Gasteiger partial charge in [0, 0.05) is 45.4 Å². The third kappa shape index (κ3) is 7.85. The number of amides is 1. The van der Waals surface area contributed by atoms with Crippen LogP contribution in [-0.2, 0) is 10.2 Å². The topological polar surface area (TPSA) is 101 Å². The first-order valence-electron chi connectivity index (χ1n) is 10.6. The molecule has 1 amide bonds. The number of nitrogens with zero attached hydrogens (tertiary/aromatic N) is 3. The van der Waals surface area contributed by atoms with Gasteiger partial charge in [0.1, 0.15) is 16.5 Å². The molecule has 0 aliphatic rings. The van der Waals surface area contributed by atoms with E-state index in [1.165, 1.54) is 24.6 Å². The second kappa shape index (κ2) is 12.2. The van der Waals surface area contributed by atoms with Gasteiger partial charge in [-0.15, -0.1) is 0 Å². The molecule has 0 aliphatic heterocycles. The average Bonchev–Trinajstić information content (AvgIpc) is 2.76. The van der Waals surface area contributed by atoms with Crippen LogP contribution >= 0.6 is 11.6 Å². The van der Waals surface area contributed by atoms with E-state index in [9.17, 15) is 13.2 Å². The van der Waals surface area contributed by atoms with Crippen LogP contribution in [0.5, 0.6) is 17.4 Å². The van der Waals surface area contributed by atoms with E-state index < -0.39 is 10.2 Å². The Balaban J connectivity index is 1.91. The molecular formula is C22H31ClN4O5S. The summed E-state index contributed by atoms with van der Waals surface area (Å²) in [5.74, 6) is 1.34. The minimum absolute atomic E-state index is 0.175. The monoisotopic (exact) mass is 498 g/mol. The number of halogens is 1. The number of likely N-dealkylation sites (N-methyl/N-ethyl adjacent to an activating group) is 1. The van der Waals surface area contributed by atoms with Crippen LogP contribution in [0.2, 0.25) is 5.02 Å². The lowest BCUT2D eigenvalue weighted by Gasteiger charge is -2.24. The Bertz CT molecular complexity index is 1030. The highest BCUT2D eigenvalue weighted by Gasteiger charge is 2.22. The van der Waals surface area contributed by atoms with Gasteiger partial charge < -0.3 is 14.8 Å². The molecule has 0 bridgehead atoms. The van der Waals surface area contributed by atoms with Gasteiger partial charge in [0.15, 0.2) is 0 Å². The molecule has 0 unspecified atom stereocenters. The molecule has 33 heavy (non-hydrogen) atoms. The summed E-state index contributed by atoms with van der Waals surface area (Å²) < 4.78 is 38.1. The molecule has 11 heteroatoms. The number of hydrogen-bond acceptors (Lipinski definition) is 6. The number of ether oxygens (including phenoxy) is 2. The number of carbonyl (C=O) groups is 1. The zero-order valence-corrected chi connectivity index (χ0v) is 21.1. The fourth-order valence-electron chi connectivity index (χ4n) is 2.69. The van der Waals surface area contributed by atoms with Gasteiger partial charge in [-0.3, -0.25) is 4.79 Å². The lowest BCUT2D eigenvalue weighted by Crippen LogP contribution is -2.43. The molecule has 1 heterocycles. The Morgan fingerprint density at radius 1 is 1.18 bits per heavy atom. The van der Waals surface area contributed by atoms with E-state index in [2.05, 4.69) is 10.3 Å². The third-order valence-electron chi connectivity index (χ3n) is 4.48. The third-order valence-corrected chi connectivity index (χ3v) is 6.76. The van der Waals surface area contributed by atoms with Crippen LogP contribution in [0.25, 0.3) is 0 Å². The molecule has 2 aromatic rings. The van der Waals surface area contributed by atoms with Crippen molar-refractivity contribution in [2.45, 2.75) is 20.8 Å². The van der Waals surface area contributed by atoms with Crippen LogP contribution in [0.4, 0.5) is 0 Å². The second-order valence-corrected chi connectivity index (χ2v) is 10.4. The molecule has 0 spiro atoms. The van der Waals surface area contributed by atoms with Gasteiger partial charge in [-0.2, -0.15) is 17.0 Å². The quantitative estimate of drug-likeness (QED) is 0.481. The largest absolute Gasteiger partial charge is 0.476 e. The van der Waals surface area contributed by atoms with Gasteiger partial charge >= 0.3 is 0 Å². The molecule has 2 rings (SSSR count). The van der Waals surface area contributed by atoms with Crippen molar-refractivity contribution in [1.82, 2.24) is 18.9 Å². The maximum atomic E-state index is 12.4. The molecule has 9 nitrogen and oxygen atoms in total. The van der Waals surface area contributed by atoms with E-state index in [0.29, 0.717) is 47.0 Å². The minimum atomic E-state index is -3.52. The van der Waals surface area contributed by atoms with Crippen molar-refractivity contribution in [2.75, 3.05) is 40.3 Å². The van der Waals surface area contributed by atoms with Gasteiger partial charge in [0.25, 0.3) is 16.1 Å². The Morgan fingerprint density at radius 3 is 2.39 bits per heavy atom. The lowest BCUT2D eigenvalue weighted by molar-refractivity contribution is 0.0951. The van der Waals surface area contributed by atoms with Crippen molar-refractivity contribution in [1.29, 1.82) is 0 Å². The summed E-state index contributed by atoms with van der Waals surface area (Å²) in [5, 5.41) is 3.08. The van der Waals surface area contributed by atoms with E-state index in [1.54, 1.807) is 37.3 Å². The number of aromatic nitrogens is 1. The number of carbonyl (C=O) groups excluding carboxylic acids is 1. The van der Waals surface area contributed by atoms with E-state index >= 15 is 0 Å². The van der Waals surface area contributed by atoms with E-state index in [0.717, 1.165) is 4.31 Å². The van der Waals surface area contributed by atoms with Gasteiger partial charge in [0.2, 0.25) is 5.88 Å². The van der Waals surface area contributed by atoms with Crippen molar-refractivity contribution >= 4 is 27.7 Å². The molecule has 1 aromatic carbocycles. The number of pyridine rings is 1. The van der Waals surface area contributed by atoms with Crippen molar-refractivity contribution < 1.29 is 22.7 Å². The summed E-state index contributed by atoms with van der Waals surface area (Å²) in [6.07, 6.45) is 1.52. The summed E-state index contributed by atoms with van der Waals surface area (Å²) in [7, 11) is -0.581. The van der Waals surface area contributed by atoms with E-state index in [-0.39, 0.29) is 19.0 Å². The number of benzene rings is 1. The molecule has 0 aliphatic carbocycles. The zero-order valence-electron chi connectivity index (χ0n) is 19.5. The molecule has 182 valence electrons. The fraction of sp³-hybridized carbons (Fsp3) is 0.455. The smallest absolute Gasteiger partial charge is 0.281 e. The maximum Gasteiger partial charge on any atom is 0.281 e. The number of nitrogens with one attached hydrogen (secondary N) is 1. The Kier molecular flexibility index (Phi) is 9.90. The summed E-state index contributed by atoms with van der Waals surface area (Å²) in [6, 6.07) is 8.16. The normalized spacial score (nSPS) is 11.8. The standard InChI is InChI=1S/C22H31ClN4O5S/c1-6-27(33(29,30)26(4)5)12-11-24-21(28)17-7-9-18(10-8-17)32-19-13-20(23)22(25-14-19)31-15-16(2)3/h7-10,13-14,16H,6,11-12,15H2,1-5H3,(H,24,28). The van der Waals surface area contributed by atoms with Crippen LogP contribution in [-0.4, -0.2) is 68.3 Å². The Morgan fingerprint density at radius 2 is 1.85 bits per heavy atom. The van der Waals surface area contributed by atoms with E-state index in [1.807, 2.05) is 13.8 Å². The molecular weight excluding hydrogens is 468 g/mol. The van der Waals surface area contributed by atoms with Crippen molar-refractivity contribution in [2.24, 2.45) is 5.92 Å². The molecule has 0 saturated heterocycles. The summed E-state index contributed by atoms with van der Waals surface area (Å²) in [4.78, 5) is 16.6. The predicted octanol–water partition coefficient (Wildman–Crippen LogP) is 3.42. The average molecular weight is 499 g/mol. The minimum Gasteiger partial charge on any atom is -0.476 e. The Labute approximate surface area is 200 Å². The highest BCUT2D eigenvalue weighted by atomic mass is 35.5. The summed E-state index contributed by atoms with van der Waals surface area (Å²) >= 11 is 6.21. The first kappa shape index (κ1) is 26.8. The molecule has 0 atom stereocenters. The first-order valence-corrected chi connectivity index (χ1v) is 12.3. The second-order valence-electron chi connectivity index (χ2n) is 7.83. The lowest BCUT2D eigenvalue weighted by atomic mass is 10.2. The van der Waals surface area contributed by atoms with Crippen LogP contribution in [0, 0.1) is 5.92 Å². The van der Waals surface area contributed by atoms with Crippen LogP contribution < -0.4 is 14.8 Å². The van der Waals surface area contributed by atoms with Gasteiger partial charge in [-0.1, -0.05) is 32.4 Å². The fourth-order valence-corrected chi connectivity index (χ4v) is 4.01. The Hall–Kier alpha value is -2.40. The zero-order chi connectivity index (χ0) is 24.6. The number of rotatable bonds is 12. The first-order chi connectivity index (χ1) is 15.5. The van der Waals surface area contributed by atoms with Crippen LogP contribution in [0.15, 0.2) is 36.5 Å². The van der Waals surface area contributed by atoms with Gasteiger partial charge in [-0.25, -0.2) is 4.98 Å². The van der Waals surface area contributed by atoms with Crippen molar-refractivity contribution in [3.8, 4) is 17.4 Å². The highest BCUT2D eigenvalue weighted by Crippen LogP contribution is 2.29. The molecule has 1 aromatic heterocycles. The molecule has 0 radical (unpaired) electrons. The van der Waals surface area contributed by atoms with Crippen LogP contribution in [0.3, 0.4) is 0 Å². The van der Waals surface area contributed by atoms with Crippen molar-refractivity contribution in [3.63, 3.8) is 0 Å². The SMILES string of the molecule is CCN(CCNC(=O)c1ccc(Oc2cnc(OCC(C)C)c(Cl)c2)cc1)S(=O)(=O)N(C)C. The van der Waals surface area contributed by atoms with E-state index in [4.69, 9.17) is 21.1 Å². The van der Waals surface area contributed by atoms with Gasteiger partial charge in [0.05, 0.1) is 12.8 Å².